The first-order valence-corrected chi connectivity index (χ1v) is 10.2. The van der Waals surface area contributed by atoms with Gasteiger partial charge in [0.2, 0.25) is 5.91 Å². The molecule has 154 valence electrons. The van der Waals surface area contributed by atoms with Gasteiger partial charge in [-0.15, -0.1) is 0 Å². The highest BCUT2D eigenvalue weighted by atomic mass is 79.9. The largest absolute Gasteiger partial charge is 0.372 e. The van der Waals surface area contributed by atoms with Gasteiger partial charge >= 0.3 is 0 Å². The van der Waals surface area contributed by atoms with Crippen molar-refractivity contribution in [1.29, 1.82) is 0 Å². The average molecular weight is 461 g/mol. The number of carbonyl (C=O) groups is 3. The fourth-order valence-electron chi connectivity index (χ4n) is 2.67. The van der Waals surface area contributed by atoms with Crippen LogP contribution in [0.2, 0.25) is 0 Å². The number of halogens is 1. The van der Waals surface area contributed by atoms with Crippen molar-refractivity contribution in [3.05, 3.63) is 64.1 Å². The highest BCUT2D eigenvalue weighted by Crippen LogP contribution is 2.14. The van der Waals surface area contributed by atoms with Crippen LogP contribution in [0.4, 0.5) is 5.69 Å². The normalized spacial score (nSPS) is 10.2. The molecule has 0 saturated heterocycles. The van der Waals surface area contributed by atoms with Crippen LogP contribution in [0.25, 0.3) is 0 Å². The molecule has 0 aromatic heterocycles. The SMILES string of the molecule is CCN(CC)c1ccc(C(=O)NNC(=O)CCNC(=O)c2ccc(Br)cc2)cc1. The first-order valence-electron chi connectivity index (χ1n) is 9.42. The van der Waals surface area contributed by atoms with Crippen molar-refractivity contribution in [2.75, 3.05) is 24.5 Å². The highest BCUT2D eigenvalue weighted by molar-refractivity contribution is 9.10. The van der Waals surface area contributed by atoms with E-state index in [1.54, 1.807) is 36.4 Å². The lowest BCUT2D eigenvalue weighted by Crippen LogP contribution is -2.42. The third-order valence-corrected chi connectivity index (χ3v) is 4.85. The van der Waals surface area contributed by atoms with Crippen molar-refractivity contribution < 1.29 is 14.4 Å². The van der Waals surface area contributed by atoms with Crippen molar-refractivity contribution in [1.82, 2.24) is 16.2 Å². The Morgan fingerprint density at radius 2 is 1.38 bits per heavy atom. The molecular weight excluding hydrogens is 436 g/mol. The van der Waals surface area contributed by atoms with Crippen LogP contribution in [-0.4, -0.2) is 37.4 Å². The van der Waals surface area contributed by atoms with Crippen molar-refractivity contribution in [3.63, 3.8) is 0 Å². The lowest BCUT2D eigenvalue weighted by atomic mass is 10.2. The second-order valence-corrected chi connectivity index (χ2v) is 7.15. The van der Waals surface area contributed by atoms with Gasteiger partial charge in [0, 0.05) is 47.3 Å². The Kier molecular flexibility index (Phi) is 8.67. The molecule has 2 aromatic carbocycles. The molecule has 0 spiro atoms. The number of anilines is 1. The number of rotatable bonds is 8. The number of carbonyl (C=O) groups excluding carboxylic acids is 3. The molecule has 0 aliphatic heterocycles. The number of hydrogen-bond donors (Lipinski definition) is 3. The van der Waals surface area contributed by atoms with Gasteiger partial charge in [0.05, 0.1) is 0 Å². The van der Waals surface area contributed by atoms with E-state index in [0.29, 0.717) is 11.1 Å². The monoisotopic (exact) mass is 460 g/mol. The highest BCUT2D eigenvalue weighted by Gasteiger charge is 2.10. The molecule has 0 aliphatic carbocycles. The first kappa shape index (κ1) is 22.4. The van der Waals surface area contributed by atoms with Crippen LogP contribution < -0.4 is 21.1 Å². The summed E-state index contributed by atoms with van der Waals surface area (Å²) in [4.78, 5) is 38.2. The molecule has 7 nitrogen and oxygen atoms in total. The summed E-state index contributed by atoms with van der Waals surface area (Å²) in [6.45, 7) is 6.07. The zero-order valence-electron chi connectivity index (χ0n) is 16.5. The molecule has 2 rings (SSSR count). The summed E-state index contributed by atoms with van der Waals surface area (Å²) in [6.07, 6.45) is 0.0451. The standard InChI is InChI=1S/C21H25BrN4O3/c1-3-26(4-2)18-11-7-16(8-12-18)21(29)25-24-19(27)13-14-23-20(28)15-5-9-17(22)10-6-15/h5-12H,3-4,13-14H2,1-2H3,(H,23,28)(H,24,27)(H,25,29). The Hall–Kier alpha value is -2.87. The van der Waals surface area contributed by atoms with Gasteiger partial charge < -0.3 is 10.2 Å². The zero-order chi connectivity index (χ0) is 21.2. The van der Waals surface area contributed by atoms with Crippen molar-refractivity contribution in [2.24, 2.45) is 0 Å². The van der Waals surface area contributed by atoms with Crippen LogP contribution >= 0.6 is 15.9 Å². The lowest BCUT2D eigenvalue weighted by molar-refractivity contribution is -0.121. The summed E-state index contributed by atoms with van der Waals surface area (Å²) in [5.41, 5.74) is 6.73. The minimum atomic E-state index is -0.400. The Morgan fingerprint density at radius 1 is 0.828 bits per heavy atom. The molecular formula is C21H25BrN4O3. The van der Waals surface area contributed by atoms with Gasteiger partial charge in [-0.25, -0.2) is 0 Å². The summed E-state index contributed by atoms with van der Waals surface area (Å²) < 4.78 is 0.881. The third kappa shape index (κ3) is 6.90. The fraction of sp³-hybridized carbons (Fsp3) is 0.286. The van der Waals surface area contributed by atoms with Crippen LogP contribution in [-0.2, 0) is 4.79 Å². The van der Waals surface area contributed by atoms with Crippen molar-refractivity contribution in [2.45, 2.75) is 20.3 Å². The molecule has 0 unspecified atom stereocenters. The van der Waals surface area contributed by atoms with Crippen LogP contribution in [0.15, 0.2) is 53.0 Å². The molecule has 0 atom stereocenters. The Bertz CT molecular complexity index is 834. The van der Waals surface area contributed by atoms with E-state index in [2.05, 4.69) is 50.8 Å². The number of benzene rings is 2. The minimum absolute atomic E-state index is 0.0451. The smallest absolute Gasteiger partial charge is 0.269 e. The molecule has 0 bridgehead atoms. The van der Waals surface area contributed by atoms with E-state index in [0.717, 1.165) is 23.2 Å². The predicted octanol–water partition coefficient (Wildman–Crippen LogP) is 2.88. The predicted molar refractivity (Wildman–Crippen MR) is 117 cm³/mol. The maximum Gasteiger partial charge on any atom is 0.269 e. The van der Waals surface area contributed by atoms with E-state index in [1.165, 1.54) is 0 Å². The molecule has 3 amide bonds. The maximum absolute atomic E-state index is 12.2. The van der Waals surface area contributed by atoms with Gasteiger partial charge in [-0.2, -0.15) is 0 Å². The van der Waals surface area contributed by atoms with Crippen LogP contribution in [0.3, 0.4) is 0 Å². The van der Waals surface area contributed by atoms with Gasteiger partial charge in [0.15, 0.2) is 0 Å². The molecule has 8 heteroatoms. The van der Waals surface area contributed by atoms with E-state index >= 15 is 0 Å². The van der Waals surface area contributed by atoms with Gasteiger partial charge in [-0.1, -0.05) is 15.9 Å². The van der Waals surface area contributed by atoms with E-state index in [1.807, 2.05) is 12.1 Å². The summed E-state index contributed by atoms with van der Waals surface area (Å²) in [7, 11) is 0. The number of amides is 3. The molecule has 2 aromatic rings. The van der Waals surface area contributed by atoms with E-state index in [4.69, 9.17) is 0 Å². The summed E-state index contributed by atoms with van der Waals surface area (Å²) in [6, 6.07) is 14.1. The number of nitrogens with one attached hydrogen (secondary N) is 3. The molecule has 0 heterocycles. The van der Waals surface area contributed by atoms with E-state index in [9.17, 15) is 14.4 Å². The van der Waals surface area contributed by atoms with E-state index < -0.39 is 11.8 Å². The molecule has 0 saturated carbocycles. The number of nitrogens with zero attached hydrogens (tertiary/aromatic N) is 1. The number of hydrogen-bond acceptors (Lipinski definition) is 4. The second-order valence-electron chi connectivity index (χ2n) is 6.23. The topological polar surface area (TPSA) is 90.5 Å². The fourth-order valence-corrected chi connectivity index (χ4v) is 2.93. The molecule has 0 radical (unpaired) electrons. The summed E-state index contributed by atoms with van der Waals surface area (Å²) in [5, 5.41) is 2.66. The molecule has 0 aliphatic rings. The minimum Gasteiger partial charge on any atom is -0.372 e. The quantitative estimate of drug-likeness (QED) is 0.528. The van der Waals surface area contributed by atoms with Crippen LogP contribution in [0.5, 0.6) is 0 Å². The Labute approximate surface area is 179 Å². The Balaban J connectivity index is 1.73. The first-order chi connectivity index (χ1) is 13.9. The van der Waals surface area contributed by atoms with Gasteiger partial charge in [-0.3, -0.25) is 25.2 Å². The van der Waals surface area contributed by atoms with E-state index in [-0.39, 0.29) is 18.9 Å². The maximum atomic E-state index is 12.2. The van der Waals surface area contributed by atoms with Crippen molar-refractivity contribution in [3.8, 4) is 0 Å². The van der Waals surface area contributed by atoms with Crippen LogP contribution in [0.1, 0.15) is 41.0 Å². The van der Waals surface area contributed by atoms with Gasteiger partial charge in [0.25, 0.3) is 11.8 Å². The Morgan fingerprint density at radius 3 is 1.97 bits per heavy atom. The second kappa shape index (κ2) is 11.2. The van der Waals surface area contributed by atoms with Gasteiger partial charge in [-0.05, 0) is 62.4 Å². The lowest BCUT2D eigenvalue weighted by Gasteiger charge is -2.21. The molecule has 29 heavy (non-hydrogen) atoms. The third-order valence-electron chi connectivity index (χ3n) is 4.32. The average Bonchev–Trinajstić information content (AvgIpc) is 2.73. The summed E-state index contributed by atoms with van der Waals surface area (Å²) >= 11 is 3.31. The summed E-state index contributed by atoms with van der Waals surface area (Å²) in [5.74, 6) is -1.06. The molecule has 0 fully saturated rings. The van der Waals surface area contributed by atoms with Crippen LogP contribution in [0, 0.1) is 0 Å². The number of hydrazine groups is 1. The zero-order valence-corrected chi connectivity index (χ0v) is 18.1. The van der Waals surface area contributed by atoms with Crippen molar-refractivity contribution >= 4 is 39.3 Å². The molecule has 3 N–H and O–H groups in total. The van der Waals surface area contributed by atoms with Gasteiger partial charge in [0.1, 0.15) is 0 Å².